The Bertz CT molecular complexity index is 843. The van der Waals surface area contributed by atoms with Crippen molar-refractivity contribution >= 4 is 52.2 Å². The van der Waals surface area contributed by atoms with Crippen molar-refractivity contribution in [2.24, 2.45) is 4.99 Å². The Morgan fingerprint density at radius 1 is 1.39 bits per heavy atom. The monoisotopic (exact) mass is 348 g/mol. The molecule has 0 bridgehead atoms. The second-order valence-electron chi connectivity index (χ2n) is 4.47. The van der Waals surface area contributed by atoms with Crippen molar-refractivity contribution in [3.05, 3.63) is 57.8 Å². The number of amidine groups is 1. The predicted molar refractivity (Wildman–Crippen MR) is 87.9 cm³/mol. The molecule has 1 saturated heterocycles. The van der Waals surface area contributed by atoms with Crippen molar-refractivity contribution in [1.29, 1.82) is 0 Å². The molecule has 3 rings (SSSR count). The van der Waals surface area contributed by atoms with Crippen LogP contribution in [0, 0.1) is 0 Å². The lowest BCUT2D eigenvalue weighted by atomic mass is 10.2. The number of carboxylic acid groups (broad SMARTS) is 1. The van der Waals surface area contributed by atoms with Crippen molar-refractivity contribution < 1.29 is 19.1 Å². The van der Waals surface area contributed by atoms with Crippen LogP contribution in [-0.4, -0.2) is 22.2 Å². The zero-order valence-corrected chi connectivity index (χ0v) is 13.0. The maximum atomic E-state index is 11.9. The second-order valence-corrected chi connectivity index (χ2v) is 5.90. The van der Waals surface area contributed by atoms with E-state index in [0.717, 1.165) is 11.8 Å². The molecule has 2 aromatic rings. The summed E-state index contributed by atoms with van der Waals surface area (Å²) in [5.41, 5.74) is 0.336. The highest BCUT2D eigenvalue weighted by Crippen LogP contribution is 2.29. The summed E-state index contributed by atoms with van der Waals surface area (Å²) in [6.07, 6.45) is 3.12. The van der Waals surface area contributed by atoms with Gasteiger partial charge in [0.1, 0.15) is 5.76 Å². The molecule has 0 spiro atoms. The fourth-order valence-corrected chi connectivity index (χ4v) is 2.87. The maximum absolute atomic E-state index is 11.9. The summed E-state index contributed by atoms with van der Waals surface area (Å²) in [7, 11) is 0. The average Bonchev–Trinajstić information content (AvgIpc) is 3.12. The average molecular weight is 349 g/mol. The number of amides is 1. The van der Waals surface area contributed by atoms with Crippen molar-refractivity contribution in [3.8, 4) is 0 Å². The second kappa shape index (κ2) is 6.31. The van der Waals surface area contributed by atoms with Gasteiger partial charge in [0.05, 0.1) is 27.4 Å². The topological polar surface area (TPSA) is 91.9 Å². The molecule has 0 atom stereocenters. The molecular weight excluding hydrogens is 340 g/mol. The third-order valence-electron chi connectivity index (χ3n) is 2.88. The van der Waals surface area contributed by atoms with Gasteiger partial charge in [0.25, 0.3) is 5.91 Å². The van der Waals surface area contributed by atoms with Gasteiger partial charge in [-0.3, -0.25) is 4.79 Å². The third kappa shape index (κ3) is 3.46. The molecule has 1 aromatic carbocycles. The van der Waals surface area contributed by atoms with E-state index in [1.54, 1.807) is 24.3 Å². The highest BCUT2D eigenvalue weighted by atomic mass is 35.5. The number of furan rings is 1. The minimum absolute atomic E-state index is 0.0470. The molecular formula is C15H9ClN2O4S. The molecule has 2 heterocycles. The zero-order valence-electron chi connectivity index (χ0n) is 11.4. The van der Waals surface area contributed by atoms with Crippen molar-refractivity contribution in [2.75, 3.05) is 0 Å². The summed E-state index contributed by atoms with van der Waals surface area (Å²) >= 11 is 6.95. The van der Waals surface area contributed by atoms with Gasteiger partial charge in [-0.05, 0) is 42.1 Å². The number of carbonyl (C=O) groups excluding carboxylic acids is 1. The predicted octanol–water partition coefficient (Wildman–Crippen LogP) is 3.52. The van der Waals surface area contributed by atoms with Crippen LogP contribution in [0.5, 0.6) is 0 Å². The van der Waals surface area contributed by atoms with Crippen LogP contribution in [0.4, 0.5) is 5.69 Å². The molecule has 1 aliphatic heterocycles. The fourth-order valence-electron chi connectivity index (χ4n) is 1.85. The molecule has 23 heavy (non-hydrogen) atoms. The van der Waals surface area contributed by atoms with E-state index < -0.39 is 5.97 Å². The van der Waals surface area contributed by atoms with E-state index in [-0.39, 0.29) is 16.5 Å². The normalized spacial score (nSPS) is 17.7. The molecule has 0 aliphatic carbocycles. The number of halogens is 1. The van der Waals surface area contributed by atoms with Crippen LogP contribution in [0.1, 0.15) is 16.1 Å². The Morgan fingerprint density at radius 2 is 2.22 bits per heavy atom. The number of rotatable bonds is 3. The summed E-state index contributed by atoms with van der Waals surface area (Å²) in [6, 6.07) is 7.82. The number of nitrogens with one attached hydrogen (secondary N) is 1. The summed E-state index contributed by atoms with van der Waals surface area (Å²) in [4.78, 5) is 27.6. The standard InChI is InChI=1S/C15H9ClN2O4S/c16-11-4-3-8(6-10(11)14(20)21)17-15-18-13(19)12(23-15)7-9-2-1-5-22-9/h1-7H,(H,20,21)(H,17,18,19)/b12-7+. The van der Waals surface area contributed by atoms with Gasteiger partial charge in [-0.25, -0.2) is 9.79 Å². The lowest BCUT2D eigenvalue weighted by molar-refractivity contribution is -0.115. The first-order valence-electron chi connectivity index (χ1n) is 6.39. The Labute approximate surface area is 139 Å². The molecule has 116 valence electrons. The van der Waals surface area contributed by atoms with Crippen LogP contribution >= 0.6 is 23.4 Å². The van der Waals surface area contributed by atoms with E-state index in [0.29, 0.717) is 21.5 Å². The Hall–Kier alpha value is -2.51. The molecule has 0 saturated carbocycles. The summed E-state index contributed by atoms with van der Waals surface area (Å²) < 4.78 is 5.16. The van der Waals surface area contributed by atoms with E-state index in [9.17, 15) is 9.59 Å². The quantitative estimate of drug-likeness (QED) is 0.828. The molecule has 1 amide bonds. The van der Waals surface area contributed by atoms with Gasteiger partial charge in [0.2, 0.25) is 0 Å². The van der Waals surface area contributed by atoms with Crippen molar-refractivity contribution in [2.45, 2.75) is 0 Å². The molecule has 8 heteroatoms. The molecule has 0 unspecified atom stereocenters. The number of hydrogen-bond donors (Lipinski definition) is 2. The highest BCUT2D eigenvalue weighted by Gasteiger charge is 2.24. The van der Waals surface area contributed by atoms with E-state index in [1.807, 2.05) is 0 Å². The van der Waals surface area contributed by atoms with Crippen LogP contribution < -0.4 is 5.32 Å². The van der Waals surface area contributed by atoms with Gasteiger partial charge in [-0.15, -0.1) is 0 Å². The first-order chi connectivity index (χ1) is 11.0. The van der Waals surface area contributed by atoms with Crippen LogP contribution in [0.2, 0.25) is 5.02 Å². The molecule has 2 N–H and O–H groups in total. The third-order valence-corrected chi connectivity index (χ3v) is 4.12. The fraction of sp³-hybridized carbons (Fsp3) is 0. The summed E-state index contributed by atoms with van der Waals surface area (Å²) in [6.45, 7) is 0. The number of benzene rings is 1. The first-order valence-corrected chi connectivity index (χ1v) is 7.58. The molecule has 1 fully saturated rings. The zero-order chi connectivity index (χ0) is 16.4. The van der Waals surface area contributed by atoms with E-state index >= 15 is 0 Å². The minimum atomic E-state index is -1.14. The number of carboxylic acids is 1. The van der Waals surface area contributed by atoms with E-state index in [4.69, 9.17) is 21.1 Å². The van der Waals surface area contributed by atoms with E-state index in [2.05, 4.69) is 10.3 Å². The van der Waals surface area contributed by atoms with Crippen molar-refractivity contribution in [1.82, 2.24) is 5.32 Å². The summed E-state index contributed by atoms with van der Waals surface area (Å²) in [5, 5.41) is 12.1. The van der Waals surface area contributed by atoms with Crippen LogP contribution in [-0.2, 0) is 4.79 Å². The van der Waals surface area contributed by atoms with Gasteiger partial charge >= 0.3 is 5.97 Å². The Kier molecular flexibility index (Phi) is 4.22. The SMILES string of the molecule is O=C1NC(=Nc2ccc(Cl)c(C(=O)O)c2)S/C1=C/c1ccco1. The van der Waals surface area contributed by atoms with Crippen LogP contribution in [0.3, 0.4) is 0 Å². The lowest BCUT2D eigenvalue weighted by Gasteiger charge is -2.01. The largest absolute Gasteiger partial charge is 0.478 e. The number of hydrogen-bond acceptors (Lipinski definition) is 5. The highest BCUT2D eigenvalue weighted by molar-refractivity contribution is 8.18. The van der Waals surface area contributed by atoms with E-state index in [1.165, 1.54) is 18.4 Å². The van der Waals surface area contributed by atoms with Crippen molar-refractivity contribution in [3.63, 3.8) is 0 Å². The number of aromatic carboxylic acids is 1. The molecule has 1 aromatic heterocycles. The van der Waals surface area contributed by atoms with Crippen LogP contribution in [0.15, 0.2) is 50.9 Å². The van der Waals surface area contributed by atoms with Gasteiger partial charge in [0.15, 0.2) is 5.17 Å². The maximum Gasteiger partial charge on any atom is 0.337 e. The number of carbonyl (C=O) groups is 2. The number of thioether (sulfide) groups is 1. The summed E-state index contributed by atoms with van der Waals surface area (Å²) in [5.74, 6) is -0.875. The van der Waals surface area contributed by atoms with Gasteiger partial charge in [-0.2, -0.15) is 0 Å². The minimum Gasteiger partial charge on any atom is -0.478 e. The van der Waals surface area contributed by atoms with Gasteiger partial charge in [-0.1, -0.05) is 11.6 Å². The molecule has 1 aliphatic rings. The van der Waals surface area contributed by atoms with Gasteiger partial charge < -0.3 is 14.8 Å². The van der Waals surface area contributed by atoms with Gasteiger partial charge in [0, 0.05) is 6.08 Å². The Morgan fingerprint density at radius 3 is 2.91 bits per heavy atom. The first kappa shape index (κ1) is 15.4. The number of nitrogens with zero attached hydrogens (tertiary/aromatic N) is 1. The lowest BCUT2D eigenvalue weighted by Crippen LogP contribution is -2.19. The Balaban J connectivity index is 1.86. The number of aliphatic imine (C=N–C) groups is 1. The molecule has 0 radical (unpaired) electrons. The van der Waals surface area contributed by atoms with Crippen LogP contribution in [0.25, 0.3) is 6.08 Å². The smallest absolute Gasteiger partial charge is 0.337 e. The molecule has 6 nitrogen and oxygen atoms in total.